The maximum absolute atomic E-state index is 12.9. The molecule has 1 fully saturated rings. The minimum Gasteiger partial charge on any atom is -0.338 e. The summed E-state index contributed by atoms with van der Waals surface area (Å²) in [5.41, 5.74) is 1.76. The molecule has 10 heteroatoms. The van der Waals surface area contributed by atoms with Crippen LogP contribution in [0.15, 0.2) is 54.7 Å². The SMILES string of the molecule is N#Cc1ccc(NC(=O)C2CSCN2C(=O)Cn2ccc3cc([N+](=O)[O-])ccc32)cc1. The topological polar surface area (TPSA) is 121 Å². The molecule has 1 N–H and O–H groups in total. The van der Waals surface area contributed by atoms with Gasteiger partial charge in [0, 0.05) is 40.7 Å². The number of nitrogens with one attached hydrogen (secondary N) is 1. The zero-order chi connectivity index (χ0) is 22.0. The number of fused-ring (bicyclic) bond motifs is 1. The van der Waals surface area contributed by atoms with E-state index in [-0.39, 0.29) is 24.0 Å². The summed E-state index contributed by atoms with van der Waals surface area (Å²) < 4.78 is 1.72. The molecule has 0 aliphatic carbocycles. The van der Waals surface area contributed by atoms with E-state index in [4.69, 9.17) is 5.26 Å². The molecule has 3 aromatic rings. The number of nitrogens with zero attached hydrogens (tertiary/aromatic N) is 4. The summed E-state index contributed by atoms with van der Waals surface area (Å²) in [6, 6.07) is 14.2. The second-order valence-electron chi connectivity index (χ2n) is 7.00. The van der Waals surface area contributed by atoms with Crippen molar-refractivity contribution in [2.24, 2.45) is 0 Å². The number of benzene rings is 2. The first-order valence-corrected chi connectivity index (χ1v) is 10.5. The van der Waals surface area contributed by atoms with E-state index < -0.39 is 11.0 Å². The number of nitro benzene ring substituents is 1. The zero-order valence-corrected chi connectivity index (χ0v) is 17.0. The minimum atomic E-state index is -0.601. The molecule has 31 heavy (non-hydrogen) atoms. The van der Waals surface area contributed by atoms with Crippen molar-refractivity contribution < 1.29 is 14.5 Å². The lowest BCUT2D eigenvalue weighted by atomic mass is 10.2. The van der Waals surface area contributed by atoms with Crippen LogP contribution >= 0.6 is 11.8 Å². The quantitative estimate of drug-likeness (QED) is 0.486. The highest BCUT2D eigenvalue weighted by molar-refractivity contribution is 7.99. The van der Waals surface area contributed by atoms with Crippen LogP contribution in [0.3, 0.4) is 0 Å². The highest BCUT2D eigenvalue weighted by atomic mass is 32.2. The number of carbonyl (C=O) groups excluding carboxylic acids is 2. The highest BCUT2D eigenvalue weighted by Gasteiger charge is 2.34. The van der Waals surface area contributed by atoms with Crippen molar-refractivity contribution in [1.82, 2.24) is 9.47 Å². The summed E-state index contributed by atoms with van der Waals surface area (Å²) in [6.45, 7) is 0.0303. The van der Waals surface area contributed by atoms with Gasteiger partial charge in [-0.1, -0.05) is 0 Å². The van der Waals surface area contributed by atoms with Gasteiger partial charge in [0.05, 0.1) is 22.4 Å². The summed E-state index contributed by atoms with van der Waals surface area (Å²) >= 11 is 1.50. The second-order valence-corrected chi connectivity index (χ2v) is 8.00. The van der Waals surface area contributed by atoms with E-state index in [0.29, 0.717) is 33.8 Å². The van der Waals surface area contributed by atoms with Gasteiger partial charge >= 0.3 is 0 Å². The third-order valence-electron chi connectivity index (χ3n) is 5.06. The van der Waals surface area contributed by atoms with Gasteiger partial charge in [0.1, 0.15) is 12.6 Å². The van der Waals surface area contributed by atoms with Crippen molar-refractivity contribution in [1.29, 1.82) is 5.26 Å². The molecule has 1 aromatic heterocycles. The lowest BCUT2D eigenvalue weighted by Gasteiger charge is -2.23. The van der Waals surface area contributed by atoms with Gasteiger partial charge in [-0.3, -0.25) is 19.7 Å². The van der Waals surface area contributed by atoms with Gasteiger partial charge in [-0.2, -0.15) is 5.26 Å². The number of hydrogen-bond donors (Lipinski definition) is 1. The van der Waals surface area contributed by atoms with Crippen molar-refractivity contribution in [3.63, 3.8) is 0 Å². The van der Waals surface area contributed by atoms with Crippen LogP contribution in [0.1, 0.15) is 5.56 Å². The Bertz CT molecular complexity index is 1210. The van der Waals surface area contributed by atoms with Gasteiger partial charge in [-0.05, 0) is 36.4 Å². The van der Waals surface area contributed by atoms with Crippen LogP contribution in [0.25, 0.3) is 10.9 Å². The first kappa shape index (κ1) is 20.4. The highest BCUT2D eigenvalue weighted by Crippen LogP contribution is 2.25. The largest absolute Gasteiger partial charge is 0.338 e. The molecule has 2 aromatic carbocycles. The Balaban J connectivity index is 1.46. The summed E-state index contributed by atoms with van der Waals surface area (Å²) in [7, 11) is 0. The molecule has 9 nitrogen and oxygen atoms in total. The van der Waals surface area contributed by atoms with Crippen molar-refractivity contribution in [2.75, 3.05) is 16.9 Å². The number of carbonyl (C=O) groups is 2. The van der Waals surface area contributed by atoms with E-state index in [0.717, 1.165) is 0 Å². The molecule has 1 aliphatic heterocycles. The Morgan fingerprint density at radius 3 is 2.71 bits per heavy atom. The summed E-state index contributed by atoms with van der Waals surface area (Å²) in [6.07, 6.45) is 1.71. The number of nitriles is 1. The Hall–Kier alpha value is -3.84. The number of rotatable bonds is 5. The average Bonchev–Trinajstić information content (AvgIpc) is 3.41. The van der Waals surface area contributed by atoms with Gasteiger partial charge in [-0.25, -0.2) is 0 Å². The van der Waals surface area contributed by atoms with Crippen LogP contribution in [0.2, 0.25) is 0 Å². The Morgan fingerprint density at radius 1 is 1.23 bits per heavy atom. The first-order chi connectivity index (χ1) is 15.0. The maximum Gasteiger partial charge on any atom is 0.270 e. The Labute approximate surface area is 181 Å². The molecule has 1 aliphatic rings. The van der Waals surface area contributed by atoms with Gasteiger partial charge in [0.25, 0.3) is 5.69 Å². The normalized spacial score (nSPS) is 15.6. The van der Waals surface area contributed by atoms with Crippen molar-refractivity contribution in [3.05, 3.63) is 70.4 Å². The minimum absolute atomic E-state index is 0.00735. The molecule has 1 unspecified atom stereocenters. The fourth-order valence-corrected chi connectivity index (χ4v) is 4.62. The van der Waals surface area contributed by atoms with E-state index in [1.807, 2.05) is 6.07 Å². The van der Waals surface area contributed by atoms with Crippen LogP contribution in [-0.2, 0) is 16.1 Å². The standard InChI is InChI=1S/C21H17N5O4S/c22-10-14-1-3-16(4-2-14)23-21(28)19-12-31-13-25(19)20(27)11-24-8-7-15-9-17(26(29)30)5-6-18(15)24/h1-9,19H,11-13H2,(H,23,28). The van der Waals surface area contributed by atoms with E-state index in [9.17, 15) is 19.7 Å². The van der Waals surface area contributed by atoms with Crippen LogP contribution in [0.4, 0.5) is 11.4 Å². The van der Waals surface area contributed by atoms with Gasteiger partial charge < -0.3 is 14.8 Å². The number of aromatic nitrogens is 1. The molecule has 0 spiro atoms. The van der Waals surface area contributed by atoms with E-state index in [1.165, 1.54) is 23.9 Å². The number of non-ortho nitro benzene ring substituents is 1. The van der Waals surface area contributed by atoms with E-state index >= 15 is 0 Å². The molecule has 1 atom stereocenters. The molecular formula is C21H17N5O4S. The third kappa shape index (κ3) is 4.22. The second kappa shape index (κ2) is 8.49. The number of amides is 2. The summed E-state index contributed by atoms with van der Waals surface area (Å²) in [5, 5.41) is 23.3. The van der Waals surface area contributed by atoms with Crippen molar-refractivity contribution in [2.45, 2.75) is 12.6 Å². The van der Waals surface area contributed by atoms with Gasteiger partial charge in [-0.15, -0.1) is 11.8 Å². The lowest BCUT2D eigenvalue weighted by molar-refractivity contribution is -0.384. The molecule has 0 bridgehead atoms. The molecule has 0 saturated carbocycles. The predicted octanol–water partition coefficient (Wildman–Crippen LogP) is 2.96. The number of anilines is 1. The Kier molecular flexibility index (Phi) is 5.60. The summed E-state index contributed by atoms with van der Waals surface area (Å²) in [4.78, 5) is 37.7. The van der Waals surface area contributed by atoms with Crippen LogP contribution in [0, 0.1) is 21.4 Å². The molecule has 156 valence electrons. The molecule has 1 saturated heterocycles. The first-order valence-electron chi connectivity index (χ1n) is 9.38. The van der Waals surface area contributed by atoms with Crippen LogP contribution in [-0.4, -0.2) is 43.9 Å². The molecule has 2 amide bonds. The van der Waals surface area contributed by atoms with Crippen LogP contribution < -0.4 is 5.32 Å². The van der Waals surface area contributed by atoms with E-state index in [2.05, 4.69) is 5.32 Å². The molecule has 4 rings (SSSR count). The maximum atomic E-state index is 12.9. The third-order valence-corrected chi connectivity index (χ3v) is 6.07. The fourth-order valence-electron chi connectivity index (χ4n) is 3.43. The van der Waals surface area contributed by atoms with Gasteiger partial charge in [0.15, 0.2) is 0 Å². The monoisotopic (exact) mass is 435 g/mol. The average molecular weight is 435 g/mol. The fraction of sp³-hybridized carbons (Fsp3) is 0.190. The number of nitro groups is 1. The molecular weight excluding hydrogens is 418 g/mol. The lowest BCUT2D eigenvalue weighted by Crippen LogP contribution is -2.45. The van der Waals surface area contributed by atoms with Gasteiger partial charge in [0.2, 0.25) is 11.8 Å². The predicted molar refractivity (Wildman–Crippen MR) is 116 cm³/mol. The molecule has 0 radical (unpaired) electrons. The van der Waals surface area contributed by atoms with Crippen molar-refractivity contribution in [3.8, 4) is 6.07 Å². The number of hydrogen-bond acceptors (Lipinski definition) is 6. The van der Waals surface area contributed by atoms with E-state index in [1.54, 1.807) is 52.1 Å². The Morgan fingerprint density at radius 2 is 2.00 bits per heavy atom. The van der Waals surface area contributed by atoms with Crippen molar-refractivity contribution >= 4 is 45.9 Å². The smallest absolute Gasteiger partial charge is 0.270 e. The zero-order valence-electron chi connectivity index (χ0n) is 16.2. The summed E-state index contributed by atoms with van der Waals surface area (Å²) in [5.74, 6) is 0.415. The van der Waals surface area contributed by atoms with Crippen LogP contribution in [0.5, 0.6) is 0 Å². The molecule has 2 heterocycles. The number of thioether (sulfide) groups is 1.